The SMILES string of the molecule is COc1ccc(-c2c(-c3ccccc3)c(=S)[nH]c3ccccc23)cc1. The van der Waals surface area contributed by atoms with E-state index in [1.165, 1.54) is 0 Å². The Kier molecular flexibility index (Phi) is 4.08. The maximum atomic E-state index is 5.72. The first-order chi connectivity index (χ1) is 12.3. The molecule has 0 amide bonds. The Morgan fingerprint density at radius 3 is 2.08 bits per heavy atom. The van der Waals surface area contributed by atoms with Crippen molar-refractivity contribution in [2.24, 2.45) is 0 Å². The topological polar surface area (TPSA) is 25.0 Å². The summed E-state index contributed by atoms with van der Waals surface area (Å²) in [6.45, 7) is 0. The number of aromatic amines is 1. The fourth-order valence-electron chi connectivity index (χ4n) is 3.18. The molecule has 0 atom stereocenters. The van der Waals surface area contributed by atoms with E-state index in [0.29, 0.717) is 0 Å². The van der Waals surface area contributed by atoms with Gasteiger partial charge in [0.2, 0.25) is 0 Å². The summed E-state index contributed by atoms with van der Waals surface area (Å²) in [6.07, 6.45) is 0. The van der Waals surface area contributed by atoms with E-state index in [0.717, 1.165) is 43.5 Å². The number of methoxy groups -OCH3 is 1. The van der Waals surface area contributed by atoms with E-state index in [1.807, 2.05) is 36.4 Å². The smallest absolute Gasteiger partial charge is 0.118 e. The molecule has 0 saturated carbocycles. The molecule has 1 heterocycles. The van der Waals surface area contributed by atoms with Gasteiger partial charge < -0.3 is 9.72 Å². The number of benzene rings is 3. The number of fused-ring (bicyclic) bond motifs is 1. The lowest BCUT2D eigenvalue weighted by Crippen LogP contribution is -1.93. The van der Waals surface area contributed by atoms with Crippen molar-refractivity contribution in [1.29, 1.82) is 0 Å². The van der Waals surface area contributed by atoms with Crippen molar-refractivity contribution in [3.8, 4) is 28.0 Å². The van der Waals surface area contributed by atoms with Crippen molar-refractivity contribution in [1.82, 2.24) is 4.98 Å². The van der Waals surface area contributed by atoms with Gasteiger partial charge in [-0.25, -0.2) is 0 Å². The third-order valence-electron chi connectivity index (χ3n) is 4.36. The second-order valence-corrected chi connectivity index (χ2v) is 6.25. The molecule has 1 N–H and O–H groups in total. The molecule has 4 rings (SSSR count). The van der Waals surface area contributed by atoms with Crippen LogP contribution in [0.2, 0.25) is 0 Å². The number of hydrogen-bond acceptors (Lipinski definition) is 2. The van der Waals surface area contributed by atoms with Crippen LogP contribution in [-0.4, -0.2) is 12.1 Å². The van der Waals surface area contributed by atoms with Crippen LogP contribution in [0.5, 0.6) is 5.75 Å². The van der Waals surface area contributed by atoms with Gasteiger partial charge in [0.15, 0.2) is 0 Å². The van der Waals surface area contributed by atoms with Gasteiger partial charge >= 0.3 is 0 Å². The summed E-state index contributed by atoms with van der Waals surface area (Å²) in [5.41, 5.74) is 5.47. The monoisotopic (exact) mass is 343 g/mol. The van der Waals surface area contributed by atoms with Gasteiger partial charge in [-0.2, -0.15) is 0 Å². The fraction of sp³-hybridized carbons (Fsp3) is 0.0455. The molecule has 0 unspecified atom stereocenters. The van der Waals surface area contributed by atoms with Gasteiger partial charge in [-0.1, -0.05) is 72.9 Å². The van der Waals surface area contributed by atoms with Gasteiger partial charge in [0.1, 0.15) is 10.4 Å². The Bertz CT molecular complexity index is 1080. The molecule has 0 aliphatic carbocycles. The highest BCUT2D eigenvalue weighted by molar-refractivity contribution is 7.71. The fourth-order valence-corrected chi connectivity index (χ4v) is 3.51. The van der Waals surface area contributed by atoms with Crippen molar-refractivity contribution >= 4 is 23.1 Å². The van der Waals surface area contributed by atoms with E-state index in [-0.39, 0.29) is 0 Å². The van der Waals surface area contributed by atoms with Crippen molar-refractivity contribution in [2.45, 2.75) is 0 Å². The molecule has 3 aromatic carbocycles. The molecule has 0 aliphatic heterocycles. The van der Waals surface area contributed by atoms with Crippen LogP contribution >= 0.6 is 12.2 Å². The number of ether oxygens (including phenoxy) is 1. The zero-order valence-electron chi connectivity index (χ0n) is 13.8. The average Bonchev–Trinajstić information content (AvgIpc) is 2.67. The number of pyridine rings is 1. The summed E-state index contributed by atoms with van der Waals surface area (Å²) in [6, 6.07) is 26.7. The van der Waals surface area contributed by atoms with Gasteiger partial charge in [0.25, 0.3) is 0 Å². The summed E-state index contributed by atoms with van der Waals surface area (Å²) in [5.74, 6) is 0.843. The van der Waals surface area contributed by atoms with Crippen LogP contribution in [0.1, 0.15) is 0 Å². The maximum Gasteiger partial charge on any atom is 0.118 e. The highest BCUT2D eigenvalue weighted by Crippen LogP contribution is 2.38. The molecule has 2 nitrogen and oxygen atoms in total. The van der Waals surface area contributed by atoms with Crippen molar-refractivity contribution in [2.75, 3.05) is 7.11 Å². The predicted octanol–water partition coefficient (Wildman–Crippen LogP) is 6.24. The Morgan fingerprint density at radius 1 is 0.720 bits per heavy atom. The number of rotatable bonds is 3. The summed E-state index contributed by atoms with van der Waals surface area (Å²) in [7, 11) is 1.68. The molecule has 122 valence electrons. The van der Waals surface area contributed by atoms with E-state index >= 15 is 0 Å². The summed E-state index contributed by atoms with van der Waals surface area (Å²) < 4.78 is 6.05. The lowest BCUT2D eigenvalue weighted by atomic mass is 9.92. The number of H-pyrrole nitrogens is 1. The molecule has 0 aliphatic rings. The summed E-state index contributed by atoms with van der Waals surface area (Å²) in [4.78, 5) is 3.38. The normalized spacial score (nSPS) is 10.8. The van der Waals surface area contributed by atoms with E-state index in [1.54, 1.807) is 7.11 Å². The molecule has 0 saturated heterocycles. The summed E-state index contributed by atoms with van der Waals surface area (Å²) in [5, 5.41) is 1.15. The first kappa shape index (κ1) is 15.6. The zero-order chi connectivity index (χ0) is 17.2. The second-order valence-electron chi connectivity index (χ2n) is 5.84. The number of aromatic nitrogens is 1. The molecular weight excluding hydrogens is 326 g/mol. The molecule has 1 aromatic heterocycles. The zero-order valence-corrected chi connectivity index (χ0v) is 14.6. The highest BCUT2D eigenvalue weighted by atomic mass is 32.1. The molecular formula is C22H17NOS. The number of hydrogen-bond donors (Lipinski definition) is 1. The van der Waals surface area contributed by atoms with Gasteiger partial charge in [-0.15, -0.1) is 0 Å². The number of para-hydroxylation sites is 1. The minimum atomic E-state index is 0.746. The van der Waals surface area contributed by atoms with Crippen LogP contribution < -0.4 is 4.74 Å². The van der Waals surface area contributed by atoms with Crippen LogP contribution in [0.4, 0.5) is 0 Å². The highest BCUT2D eigenvalue weighted by Gasteiger charge is 2.14. The maximum absolute atomic E-state index is 5.72. The number of nitrogens with one attached hydrogen (secondary N) is 1. The molecule has 0 fully saturated rings. The van der Waals surface area contributed by atoms with E-state index in [4.69, 9.17) is 17.0 Å². The first-order valence-corrected chi connectivity index (χ1v) is 8.53. The Labute approximate surface area is 151 Å². The molecule has 0 bridgehead atoms. The van der Waals surface area contributed by atoms with Gasteiger partial charge in [-0.3, -0.25) is 0 Å². The van der Waals surface area contributed by atoms with Crippen molar-refractivity contribution in [3.05, 3.63) is 83.5 Å². The molecule has 25 heavy (non-hydrogen) atoms. The second kappa shape index (κ2) is 6.54. The predicted molar refractivity (Wildman–Crippen MR) is 107 cm³/mol. The Hall–Kier alpha value is -2.91. The van der Waals surface area contributed by atoms with Crippen LogP contribution in [0.25, 0.3) is 33.2 Å². The average molecular weight is 343 g/mol. The molecule has 0 radical (unpaired) electrons. The Balaban J connectivity index is 2.10. The summed E-state index contributed by atoms with van der Waals surface area (Å²) >= 11 is 5.72. The van der Waals surface area contributed by atoms with Crippen LogP contribution in [0.3, 0.4) is 0 Å². The lowest BCUT2D eigenvalue weighted by Gasteiger charge is -2.15. The van der Waals surface area contributed by atoms with Crippen LogP contribution in [0, 0.1) is 4.64 Å². The Morgan fingerprint density at radius 2 is 1.36 bits per heavy atom. The van der Waals surface area contributed by atoms with E-state index in [9.17, 15) is 0 Å². The van der Waals surface area contributed by atoms with Crippen LogP contribution in [0.15, 0.2) is 78.9 Å². The van der Waals surface area contributed by atoms with Crippen LogP contribution in [-0.2, 0) is 0 Å². The van der Waals surface area contributed by atoms with E-state index in [2.05, 4.69) is 47.4 Å². The van der Waals surface area contributed by atoms with E-state index < -0.39 is 0 Å². The standard InChI is InChI=1S/C22H17NOS/c1-24-17-13-11-16(12-14-17)20-18-9-5-6-10-19(18)23-22(25)21(20)15-7-3-2-4-8-15/h2-14H,1H3,(H,23,25). The molecule has 3 heteroatoms. The molecule has 4 aromatic rings. The third kappa shape index (κ3) is 2.83. The first-order valence-electron chi connectivity index (χ1n) is 8.13. The largest absolute Gasteiger partial charge is 0.497 e. The third-order valence-corrected chi connectivity index (χ3v) is 4.67. The quantitative estimate of drug-likeness (QED) is 0.445. The van der Waals surface area contributed by atoms with Crippen molar-refractivity contribution in [3.63, 3.8) is 0 Å². The minimum absolute atomic E-state index is 0.746. The van der Waals surface area contributed by atoms with Gasteiger partial charge in [0.05, 0.1) is 7.11 Å². The molecule has 0 spiro atoms. The minimum Gasteiger partial charge on any atom is -0.497 e. The van der Waals surface area contributed by atoms with Gasteiger partial charge in [0, 0.05) is 22.0 Å². The van der Waals surface area contributed by atoms with Gasteiger partial charge in [-0.05, 0) is 29.3 Å². The van der Waals surface area contributed by atoms with Crippen molar-refractivity contribution < 1.29 is 4.74 Å². The lowest BCUT2D eigenvalue weighted by molar-refractivity contribution is 0.415.